The predicted octanol–water partition coefficient (Wildman–Crippen LogP) is 0.409. The third kappa shape index (κ3) is 4.43. The van der Waals surface area contributed by atoms with Gasteiger partial charge in [-0.25, -0.2) is 5.43 Å². The normalized spacial score (nSPS) is 12.6. The molecule has 0 aliphatic rings. The summed E-state index contributed by atoms with van der Waals surface area (Å²) >= 11 is 0. The second-order valence-electron chi connectivity index (χ2n) is 3.28. The summed E-state index contributed by atoms with van der Waals surface area (Å²) in [6.07, 6.45) is 0.303. The van der Waals surface area contributed by atoms with Gasteiger partial charge in [0.1, 0.15) is 4.92 Å². The van der Waals surface area contributed by atoms with E-state index in [0.29, 0.717) is 0 Å². The van der Waals surface area contributed by atoms with Crippen molar-refractivity contribution in [1.82, 2.24) is 5.43 Å². The molecule has 1 aromatic heterocycles. The Kier molecular flexibility index (Phi) is 4.35. The number of hydrazone groups is 1. The van der Waals surface area contributed by atoms with Crippen LogP contribution < -0.4 is 5.43 Å². The molecule has 0 aromatic carbocycles. The van der Waals surface area contributed by atoms with E-state index in [2.05, 4.69) is 10.5 Å². The molecule has 1 aromatic rings. The topological polar surface area (TPSA) is 118 Å². The number of amides is 1. The minimum atomic E-state index is -0.755. The Morgan fingerprint density at radius 2 is 2.47 bits per heavy atom. The third-order valence-corrected chi connectivity index (χ3v) is 1.65. The number of hydrogen-bond acceptors (Lipinski definition) is 6. The molecule has 1 amide bonds. The van der Waals surface area contributed by atoms with Crippen LogP contribution in [0.4, 0.5) is 5.88 Å². The zero-order valence-electron chi connectivity index (χ0n) is 8.99. The van der Waals surface area contributed by atoms with Crippen LogP contribution in [0.1, 0.15) is 19.1 Å². The van der Waals surface area contributed by atoms with E-state index in [1.807, 2.05) is 0 Å². The minimum absolute atomic E-state index is 0.0738. The van der Waals surface area contributed by atoms with Gasteiger partial charge in [0.15, 0.2) is 5.76 Å². The highest BCUT2D eigenvalue weighted by atomic mass is 16.6. The van der Waals surface area contributed by atoms with Crippen LogP contribution in [0.5, 0.6) is 0 Å². The van der Waals surface area contributed by atoms with Crippen LogP contribution in [-0.2, 0) is 4.79 Å². The van der Waals surface area contributed by atoms with Crippen LogP contribution in [0.2, 0.25) is 0 Å². The fourth-order valence-electron chi connectivity index (χ4n) is 0.992. The van der Waals surface area contributed by atoms with Crippen molar-refractivity contribution in [2.45, 2.75) is 19.4 Å². The first kappa shape index (κ1) is 12.8. The van der Waals surface area contributed by atoms with E-state index in [1.54, 1.807) is 0 Å². The van der Waals surface area contributed by atoms with E-state index < -0.39 is 22.8 Å². The van der Waals surface area contributed by atoms with E-state index in [-0.39, 0.29) is 12.2 Å². The summed E-state index contributed by atoms with van der Waals surface area (Å²) in [5, 5.41) is 22.7. The summed E-state index contributed by atoms with van der Waals surface area (Å²) in [5.41, 5.74) is 2.14. The standard InChI is InChI=1S/C9H11N3O5/c1-6(13)4-8(14)11-10-5-7-2-3-9(17-7)12(15)16/h2-3,5-6,13H,4H2,1H3,(H,11,14). The lowest BCUT2D eigenvalue weighted by Crippen LogP contribution is -2.21. The summed E-state index contributed by atoms with van der Waals surface area (Å²) < 4.78 is 4.76. The fraction of sp³-hybridized carbons (Fsp3) is 0.333. The lowest BCUT2D eigenvalue weighted by molar-refractivity contribution is -0.402. The fourth-order valence-corrected chi connectivity index (χ4v) is 0.992. The van der Waals surface area contributed by atoms with Crippen molar-refractivity contribution in [2.24, 2.45) is 5.10 Å². The van der Waals surface area contributed by atoms with Gasteiger partial charge in [-0.3, -0.25) is 14.9 Å². The van der Waals surface area contributed by atoms with Gasteiger partial charge in [0.2, 0.25) is 5.91 Å². The van der Waals surface area contributed by atoms with E-state index in [9.17, 15) is 14.9 Å². The van der Waals surface area contributed by atoms with Gasteiger partial charge < -0.3 is 9.52 Å². The zero-order valence-corrected chi connectivity index (χ0v) is 8.99. The predicted molar refractivity (Wildman–Crippen MR) is 57.4 cm³/mol. The molecular formula is C9H11N3O5. The minimum Gasteiger partial charge on any atom is -0.400 e. The molecule has 1 unspecified atom stereocenters. The Labute approximate surface area is 96.1 Å². The highest BCUT2D eigenvalue weighted by molar-refractivity contribution is 5.80. The van der Waals surface area contributed by atoms with Crippen LogP contribution in [0.3, 0.4) is 0 Å². The molecule has 0 bridgehead atoms. The molecule has 92 valence electrons. The first-order chi connectivity index (χ1) is 7.99. The number of hydrogen-bond donors (Lipinski definition) is 2. The summed E-state index contributed by atoms with van der Waals surface area (Å²) in [4.78, 5) is 20.6. The molecule has 1 heterocycles. The Morgan fingerprint density at radius 1 is 1.76 bits per heavy atom. The molecule has 0 aliphatic carbocycles. The average molecular weight is 241 g/mol. The first-order valence-corrected chi connectivity index (χ1v) is 4.73. The maximum absolute atomic E-state index is 11.0. The van der Waals surface area contributed by atoms with Gasteiger partial charge in [-0.15, -0.1) is 0 Å². The third-order valence-electron chi connectivity index (χ3n) is 1.65. The maximum atomic E-state index is 11.0. The number of aliphatic hydroxyl groups excluding tert-OH is 1. The number of nitrogens with one attached hydrogen (secondary N) is 1. The van der Waals surface area contributed by atoms with Gasteiger partial charge in [-0.1, -0.05) is 0 Å². The van der Waals surface area contributed by atoms with E-state index in [0.717, 1.165) is 6.21 Å². The first-order valence-electron chi connectivity index (χ1n) is 4.73. The van der Waals surface area contributed by atoms with Gasteiger partial charge >= 0.3 is 5.88 Å². The Balaban J connectivity index is 2.48. The smallest absolute Gasteiger partial charge is 0.400 e. The quantitative estimate of drug-likeness (QED) is 0.439. The Hall–Kier alpha value is -2.22. The van der Waals surface area contributed by atoms with Crippen LogP contribution >= 0.6 is 0 Å². The lowest BCUT2D eigenvalue weighted by atomic mass is 10.3. The molecule has 8 nitrogen and oxygen atoms in total. The molecule has 17 heavy (non-hydrogen) atoms. The number of nitrogens with zero attached hydrogens (tertiary/aromatic N) is 2. The van der Waals surface area contributed by atoms with E-state index in [1.165, 1.54) is 19.1 Å². The van der Waals surface area contributed by atoms with Crippen molar-refractivity contribution in [3.63, 3.8) is 0 Å². The van der Waals surface area contributed by atoms with Gasteiger partial charge in [-0.2, -0.15) is 5.10 Å². The van der Waals surface area contributed by atoms with Gasteiger partial charge in [0.05, 0.1) is 24.8 Å². The van der Waals surface area contributed by atoms with Crippen LogP contribution in [-0.4, -0.2) is 28.3 Å². The van der Waals surface area contributed by atoms with Gasteiger partial charge in [0, 0.05) is 0 Å². The number of nitro groups is 1. The highest BCUT2D eigenvalue weighted by Gasteiger charge is 2.10. The molecule has 0 saturated carbocycles. The molecular weight excluding hydrogens is 230 g/mol. The largest absolute Gasteiger partial charge is 0.433 e. The molecule has 0 fully saturated rings. The van der Waals surface area contributed by atoms with Crippen LogP contribution in [0.25, 0.3) is 0 Å². The van der Waals surface area contributed by atoms with E-state index >= 15 is 0 Å². The van der Waals surface area contributed by atoms with Crippen molar-refractivity contribution in [2.75, 3.05) is 0 Å². The van der Waals surface area contributed by atoms with Crippen molar-refractivity contribution < 1.29 is 19.2 Å². The van der Waals surface area contributed by atoms with Crippen molar-refractivity contribution in [3.05, 3.63) is 28.0 Å². The SMILES string of the molecule is CC(O)CC(=O)NN=Cc1ccc([N+](=O)[O-])o1. The maximum Gasteiger partial charge on any atom is 0.433 e. The molecule has 2 N–H and O–H groups in total. The molecule has 8 heteroatoms. The van der Waals surface area contributed by atoms with E-state index in [4.69, 9.17) is 9.52 Å². The van der Waals surface area contributed by atoms with Crippen molar-refractivity contribution in [3.8, 4) is 0 Å². The zero-order chi connectivity index (χ0) is 12.8. The Bertz CT molecular complexity index is 438. The average Bonchev–Trinajstić information content (AvgIpc) is 2.65. The lowest BCUT2D eigenvalue weighted by Gasteiger charge is -2.00. The Morgan fingerprint density at radius 3 is 3.00 bits per heavy atom. The second-order valence-corrected chi connectivity index (χ2v) is 3.28. The second kappa shape index (κ2) is 5.75. The van der Waals surface area contributed by atoms with Crippen molar-refractivity contribution >= 4 is 18.0 Å². The molecule has 1 atom stereocenters. The number of furan rings is 1. The molecule has 0 aliphatic heterocycles. The van der Waals surface area contributed by atoms with Crippen LogP contribution in [0.15, 0.2) is 21.7 Å². The van der Waals surface area contributed by atoms with Crippen molar-refractivity contribution in [1.29, 1.82) is 0 Å². The summed E-state index contributed by atoms with van der Waals surface area (Å²) in [6, 6.07) is 2.53. The number of carbonyl (C=O) groups is 1. The number of rotatable bonds is 5. The number of carbonyl (C=O) groups excluding carboxylic acids is 1. The van der Waals surface area contributed by atoms with Gasteiger partial charge in [-0.05, 0) is 13.0 Å². The summed E-state index contributed by atoms with van der Waals surface area (Å²) in [7, 11) is 0. The monoisotopic (exact) mass is 241 g/mol. The molecule has 1 rings (SSSR count). The summed E-state index contributed by atoms with van der Waals surface area (Å²) in [5.74, 6) is -0.715. The molecule has 0 saturated heterocycles. The van der Waals surface area contributed by atoms with Crippen LogP contribution in [0, 0.1) is 10.1 Å². The summed E-state index contributed by atoms with van der Waals surface area (Å²) in [6.45, 7) is 1.47. The number of aliphatic hydroxyl groups is 1. The van der Waals surface area contributed by atoms with Gasteiger partial charge in [0.25, 0.3) is 0 Å². The molecule has 0 radical (unpaired) electrons. The molecule has 0 spiro atoms. The highest BCUT2D eigenvalue weighted by Crippen LogP contribution is 2.13.